The molecule has 2 aliphatic rings. The van der Waals surface area contributed by atoms with Crippen LogP contribution in [0.25, 0.3) is 0 Å². The third-order valence-electron chi connectivity index (χ3n) is 5.30. The van der Waals surface area contributed by atoms with E-state index in [-0.39, 0.29) is 23.4 Å². The lowest BCUT2D eigenvalue weighted by Gasteiger charge is -2.31. The van der Waals surface area contributed by atoms with Crippen LogP contribution in [0.4, 0.5) is 4.39 Å². The van der Waals surface area contributed by atoms with E-state index in [1.807, 2.05) is 6.07 Å². The van der Waals surface area contributed by atoms with Crippen LogP contribution in [0, 0.1) is 5.82 Å². The molecule has 0 aromatic carbocycles. The van der Waals surface area contributed by atoms with Gasteiger partial charge in [-0.25, -0.2) is 9.37 Å². The summed E-state index contributed by atoms with van der Waals surface area (Å²) in [6, 6.07) is 4.53. The molecule has 1 unspecified atom stereocenters. The Kier molecular flexibility index (Phi) is 4.63. The van der Waals surface area contributed by atoms with Crippen molar-refractivity contribution in [1.82, 2.24) is 24.6 Å². The highest BCUT2D eigenvalue weighted by Gasteiger charge is 2.30. The van der Waals surface area contributed by atoms with E-state index < -0.39 is 5.82 Å². The largest absolute Gasteiger partial charge is 0.340 e. The third-order valence-corrected chi connectivity index (χ3v) is 5.30. The van der Waals surface area contributed by atoms with E-state index in [1.165, 1.54) is 12.1 Å². The Balaban J connectivity index is 1.53. The molecule has 0 aliphatic carbocycles. The molecular formula is C19H22FN5O2. The number of halogens is 1. The molecule has 0 bridgehead atoms. The van der Waals surface area contributed by atoms with Gasteiger partial charge in [-0.15, -0.1) is 0 Å². The van der Waals surface area contributed by atoms with Gasteiger partial charge in [0, 0.05) is 39.1 Å². The van der Waals surface area contributed by atoms with Gasteiger partial charge in [0.05, 0.1) is 11.9 Å². The number of amides is 2. The Morgan fingerprint density at radius 2 is 2.07 bits per heavy atom. The second-order valence-corrected chi connectivity index (χ2v) is 7.21. The first-order valence-electron chi connectivity index (χ1n) is 9.27. The van der Waals surface area contributed by atoms with E-state index in [0.717, 1.165) is 44.2 Å². The first-order chi connectivity index (χ1) is 13.0. The fraction of sp³-hybridized carbons (Fsp3) is 0.474. The Morgan fingerprint density at radius 1 is 1.22 bits per heavy atom. The minimum Gasteiger partial charge on any atom is -0.340 e. The second kappa shape index (κ2) is 7.09. The summed E-state index contributed by atoms with van der Waals surface area (Å²) in [5.41, 5.74) is 1.72. The lowest BCUT2D eigenvalue weighted by molar-refractivity contribution is 0.0699. The molecule has 2 amide bonds. The summed E-state index contributed by atoms with van der Waals surface area (Å²) in [5, 5.41) is 4.66. The molecule has 1 fully saturated rings. The van der Waals surface area contributed by atoms with Crippen molar-refractivity contribution in [3.05, 3.63) is 47.3 Å². The summed E-state index contributed by atoms with van der Waals surface area (Å²) in [6.45, 7) is 2.62. The lowest BCUT2D eigenvalue weighted by atomic mass is 9.94. The van der Waals surface area contributed by atoms with Gasteiger partial charge >= 0.3 is 0 Å². The summed E-state index contributed by atoms with van der Waals surface area (Å²) in [7, 11) is 1.81. The Morgan fingerprint density at radius 3 is 2.85 bits per heavy atom. The molecule has 4 heterocycles. The van der Waals surface area contributed by atoms with E-state index in [0.29, 0.717) is 18.8 Å². The molecule has 0 radical (unpaired) electrons. The molecule has 2 aromatic heterocycles. The number of piperidine rings is 1. The quantitative estimate of drug-likeness (QED) is 0.809. The van der Waals surface area contributed by atoms with Crippen molar-refractivity contribution < 1.29 is 14.0 Å². The van der Waals surface area contributed by atoms with Crippen LogP contribution in [0.15, 0.2) is 24.4 Å². The Bertz CT molecular complexity index is 863. The molecule has 0 N–H and O–H groups in total. The SMILES string of the molecule is CN1CCCn2nc(C3CCCN(C(=O)c4ccc(F)cn4)C3)cc2C1=O. The molecule has 1 atom stereocenters. The van der Waals surface area contributed by atoms with Gasteiger partial charge < -0.3 is 9.80 Å². The van der Waals surface area contributed by atoms with Gasteiger partial charge in [0.1, 0.15) is 17.2 Å². The standard InChI is InChI=1S/C19H22FN5O2/c1-23-7-3-9-25-17(19(23)27)10-16(22-25)13-4-2-8-24(12-13)18(26)15-6-5-14(20)11-21-15/h5-6,10-11,13H,2-4,7-9,12H2,1H3. The summed E-state index contributed by atoms with van der Waals surface area (Å²) >= 11 is 0. The number of carbonyl (C=O) groups excluding carboxylic acids is 2. The number of likely N-dealkylation sites (tertiary alicyclic amines) is 1. The van der Waals surface area contributed by atoms with Crippen LogP contribution in [-0.4, -0.2) is 63.1 Å². The molecule has 27 heavy (non-hydrogen) atoms. The van der Waals surface area contributed by atoms with Crippen LogP contribution < -0.4 is 0 Å². The van der Waals surface area contributed by atoms with Crippen LogP contribution in [0.1, 0.15) is 51.9 Å². The molecule has 7 nitrogen and oxygen atoms in total. The van der Waals surface area contributed by atoms with Gasteiger partial charge in [-0.2, -0.15) is 5.10 Å². The van der Waals surface area contributed by atoms with Crippen molar-refractivity contribution in [2.24, 2.45) is 0 Å². The van der Waals surface area contributed by atoms with Gasteiger partial charge in [-0.3, -0.25) is 14.3 Å². The number of fused-ring (bicyclic) bond motifs is 1. The smallest absolute Gasteiger partial charge is 0.272 e. The Labute approximate surface area is 156 Å². The van der Waals surface area contributed by atoms with Crippen molar-refractivity contribution in [3.63, 3.8) is 0 Å². The van der Waals surface area contributed by atoms with E-state index in [9.17, 15) is 14.0 Å². The van der Waals surface area contributed by atoms with Crippen molar-refractivity contribution in [2.75, 3.05) is 26.7 Å². The summed E-state index contributed by atoms with van der Waals surface area (Å²) in [4.78, 5) is 32.5. The highest BCUT2D eigenvalue weighted by atomic mass is 19.1. The number of aryl methyl sites for hydroxylation is 1. The van der Waals surface area contributed by atoms with Gasteiger partial charge in [-0.1, -0.05) is 0 Å². The zero-order chi connectivity index (χ0) is 19.0. The molecular weight excluding hydrogens is 349 g/mol. The number of hydrogen-bond donors (Lipinski definition) is 0. The number of nitrogens with zero attached hydrogens (tertiary/aromatic N) is 5. The summed E-state index contributed by atoms with van der Waals surface area (Å²) < 4.78 is 14.8. The molecule has 1 saturated heterocycles. The van der Waals surface area contributed by atoms with Crippen LogP contribution in [0.3, 0.4) is 0 Å². The van der Waals surface area contributed by atoms with Crippen molar-refractivity contribution in [1.29, 1.82) is 0 Å². The van der Waals surface area contributed by atoms with Gasteiger partial charge in [0.2, 0.25) is 0 Å². The fourth-order valence-corrected chi connectivity index (χ4v) is 3.80. The van der Waals surface area contributed by atoms with Gasteiger partial charge in [-0.05, 0) is 37.5 Å². The number of hydrogen-bond acceptors (Lipinski definition) is 4. The first kappa shape index (κ1) is 17.6. The average Bonchev–Trinajstić information content (AvgIpc) is 3.06. The third kappa shape index (κ3) is 3.43. The highest BCUT2D eigenvalue weighted by Crippen LogP contribution is 2.28. The monoisotopic (exact) mass is 371 g/mol. The maximum atomic E-state index is 13.0. The predicted molar refractivity (Wildman–Crippen MR) is 95.9 cm³/mol. The number of pyridine rings is 1. The molecule has 0 saturated carbocycles. The highest BCUT2D eigenvalue weighted by molar-refractivity contribution is 5.93. The van der Waals surface area contributed by atoms with E-state index in [4.69, 9.17) is 0 Å². The topological polar surface area (TPSA) is 71.3 Å². The molecule has 8 heteroatoms. The Hall–Kier alpha value is -2.77. The molecule has 0 spiro atoms. The van der Waals surface area contributed by atoms with Crippen LogP contribution in [0.2, 0.25) is 0 Å². The zero-order valence-electron chi connectivity index (χ0n) is 15.3. The first-order valence-corrected chi connectivity index (χ1v) is 9.27. The van der Waals surface area contributed by atoms with Crippen molar-refractivity contribution >= 4 is 11.8 Å². The minimum atomic E-state index is -0.461. The molecule has 2 aromatic rings. The van der Waals surface area contributed by atoms with E-state index in [2.05, 4.69) is 10.1 Å². The normalized spacial score (nSPS) is 20.4. The summed E-state index contributed by atoms with van der Waals surface area (Å²) in [6.07, 6.45) is 3.71. The van der Waals surface area contributed by atoms with E-state index >= 15 is 0 Å². The van der Waals surface area contributed by atoms with E-state index in [1.54, 1.807) is 21.5 Å². The number of rotatable bonds is 2. The second-order valence-electron chi connectivity index (χ2n) is 7.21. The van der Waals surface area contributed by atoms with Gasteiger partial charge in [0.25, 0.3) is 11.8 Å². The number of carbonyl (C=O) groups is 2. The maximum absolute atomic E-state index is 13.0. The van der Waals surface area contributed by atoms with Crippen LogP contribution >= 0.6 is 0 Å². The average molecular weight is 371 g/mol. The number of aromatic nitrogens is 3. The van der Waals surface area contributed by atoms with Crippen LogP contribution in [0.5, 0.6) is 0 Å². The lowest BCUT2D eigenvalue weighted by Crippen LogP contribution is -2.39. The molecule has 4 rings (SSSR count). The van der Waals surface area contributed by atoms with Crippen molar-refractivity contribution in [3.8, 4) is 0 Å². The van der Waals surface area contributed by atoms with Gasteiger partial charge in [0.15, 0.2) is 0 Å². The molecule has 142 valence electrons. The fourth-order valence-electron chi connectivity index (χ4n) is 3.80. The predicted octanol–water partition coefficient (Wildman–Crippen LogP) is 1.91. The minimum absolute atomic E-state index is 0.00879. The van der Waals surface area contributed by atoms with Crippen LogP contribution in [-0.2, 0) is 6.54 Å². The zero-order valence-corrected chi connectivity index (χ0v) is 15.3. The maximum Gasteiger partial charge on any atom is 0.272 e. The summed E-state index contributed by atoms with van der Waals surface area (Å²) in [5.74, 6) is -0.584. The van der Waals surface area contributed by atoms with Crippen molar-refractivity contribution in [2.45, 2.75) is 31.7 Å². The molecule has 2 aliphatic heterocycles.